The van der Waals surface area contributed by atoms with Crippen molar-refractivity contribution in [3.63, 3.8) is 0 Å². The molecular weight excluding hydrogens is 223 g/mol. The van der Waals surface area contributed by atoms with Crippen LogP contribution in [0, 0.1) is 0 Å². The van der Waals surface area contributed by atoms with E-state index in [4.69, 9.17) is 23.2 Å². The van der Waals surface area contributed by atoms with Gasteiger partial charge in [-0.05, 0) is 12.5 Å². The molecule has 0 spiro atoms. The molecule has 0 radical (unpaired) electrons. The van der Waals surface area contributed by atoms with Crippen molar-refractivity contribution >= 4 is 34.8 Å². The number of nitrogens with one attached hydrogen (secondary N) is 1. The minimum absolute atomic E-state index is 0.0708. The third-order valence-corrected chi connectivity index (χ3v) is 2.09. The van der Waals surface area contributed by atoms with Crippen molar-refractivity contribution in [1.82, 2.24) is 4.98 Å². The fourth-order valence-electron chi connectivity index (χ4n) is 0.939. The van der Waals surface area contributed by atoms with Crippen LogP contribution < -0.4 is 5.32 Å². The minimum Gasteiger partial charge on any atom is -0.324 e. The second kappa shape index (κ2) is 5.17. The number of rotatable bonds is 3. The third kappa shape index (κ3) is 3.16. The maximum atomic E-state index is 11.2. The molecule has 0 aliphatic heterocycles. The molecular formula is C9H10Cl2N2O. The first-order chi connectivity index (χ1) is 6.63. The van der Waals surface area contributed by atoms with E-state index in [-0.39, 0.29) is 5.91 Å². The van der Waals surface area contributed by atoms with Gasteiger partial charge in [0.15, 0.2) is 0 Å². The number of pyridine rings is 1. The zero-order valence-electron chi connectivity index (χ0n) is 7.68. The van der Waals surface area contributed by atoms with Crippen LogP contribution in [-0.4, -0.2) is 10.9 Å². The molecule has 14 heavy (non-hydrogen) atoms. The molecule has 1 N–H and O–H groups in total. The summed E-state index contributed by atoms with van der Waals surface area (Å²) >= 11 is 11.4. The predicted octanol–water partition coefficient (Wildman–Crippen LogP) is 3.13. The Bertz CT molecular complexity index is 342. The van der Waals surface area contributed by atoms with Gasteiger partial charge in [0.1, 0.15) is 5.15 Å². The van der Waals surface area contributed by atoms with Crippen LogP contribution >= 0.6 is 23.2 Å². The van der Waals surface area contributed by atoms with Gasteiger partial charge in [-0.2, -0.15) is 0 Å². The van der Waals surface area contributed by atoms with Crippen LogP contribution in [0.25, 0.3) is 0 Å². The quantitative estimate of drug-likeness (QED) is 0.815. The molecule has 1 aromatic heterocycles. The largest absolute Gasteiger partial charge is 0.324 e. The Morgan fingerprint density at radius 2 is 2.29 bits per heavy atom. The number of hydrogen-bond acceptors (Lipinski definition) is 2. The highest BCUT2D eigenvalue weighted by Crippen LogP contribution is 2.23. The van der Waals surface area contributed by atoms with E-state index < -0.39 is 0 Å². The summed E-state index contributed by atoms with van der Waals surface area (Å²) in [7, 11) is 0. The van der Waals surface area contributed by atoms with Gasteiger partial charge >= 0.3 is 0 Å². The highest BCUT2D eigenvalue weighted by Gasteiger charge is 2.05. The lowest BCUT2D eigenvalue weighted by molar-refractivity contribution is -0.116. The Morgan fingerprint density at radius 1 is 1.57 bits per heavy atom. The molecule has 0 aromatic carbocycles. The molecule has 0 aliphatic rings. The summed E-state index contributed by atoms with van der Waals surface area (Å²) in [6, 6.07) is 1.49. The number of amides is 1. The molecule has 1 amide bonds. The number of nitrogens with zero attached hydrogens (tertiary/aromatic N) is 1. The molecule has 0 aliphatic carbocycles. The molecule has 1 rings (SSSR count). The van der Waals surface area contributed by atoms with Crippen molar-refractivity contribution in [1.29, 1.82) is 0 Å². The van der Waals surface area contributed by atoms with E-state index in [0.717, 1.165) is 6.42 Å². The van der Waals surface area contributed by atoms with E-state index in [2.05, 4.69) is 10.3 Å². The number of carbonyl (C=O) groups is 1. The van der Waals surface area contributed by atoms with Gasteiger partial charge in [0, 0.05) is 6.42 Å². The Kier molecular flexibility index (Phi) is 4.17. The lowest BCUT2D eigenvalue weighted by atomic mass is 10.3. The van der Waals surface area contributed by atoms with Crippen molar-refractivity contribution in [2.45, 2.75) is 19.8 Å². The van der Waals surface area contributed by atoms with Gasteiger partial charge in [0.2, 0.25) is 5.91 Å². The SMILES string of the molecule is CCCC(=O)Nc1cnc(Cl)cc1Cl. The fraction of sp³-hybridized carbons (Fsp3) is 0.333. The van der Waals surface area contributed by atoms with Crippen LogP contribution in [-0.2, 0) is 4.79 Å². The Labute approximate surface area is 92.4 Å². The maximum Gasteiger partial charge on any atom is 0.224 e. The van der Waals surface area contributed by atoms with Crippen molar-refractivity contribution in [3.05, 3.63) is 22.4 Å². The van der Waals surface area contributed by atoms with Gasteiger partial charge in [-0.3, -0.25) is 4.79 Å². The summed E-state index contributed by atoms with van der Waals surface area (Å²) in [5.41, 5.74) is 0.495. The molecule has 0 unspecified atom stereocenters. The van der Waals surface area contributed by atoms with E-state index >= 15 is 0 Å². The van der Waals surface area contributed by atoms with E-state index in [1.165, 1.54) is 12.3 Å². The summed E-state index contributed by atoms with van der Waals surface area (Å²) < 4.78 is 0. The molecule has 0 atom stereocenters. The monoisotopic (exact) mass is 232 g/mol. The van der Waals surface area contributed by atoms with Gasteiger partial charge in [-0.15, -0.1) is 0 Å². The maximum absolute atomic E-state index is 11.2. The zero-order chi connectivity index (χ0) is 10.6. The third-order valence-electron chi connectivity index (χ3n) is 1.57. The average Bonchev–Trinajstić information content (AvgIpc) is 2.10. The smallest absolute Gasteiger partial charge is 0.224 e. The number of aromatic nitrogens is 1. The number of halogens is 2. The van der Waals surface area contributed by atoms with E-state index in [1.54, 1.807) is 0 Å². The first kappa shape index (κ1) is 11.3. The van der Waals surface area contributed by atoms with Crippen LogP contribution in [0.5, 0.6) is 0 Å². The molecule has 1 aromatic rings. The molecule has 0 saturated heterocycles. The van der Waals surface area contributed by atoms with Gasteiger partial charge < -0.3 is 5.32 Å². The lowest BCUT2D eigenvalue weighted by Crippen LogP contribution is -2.11. The molecule has 0 fully saturated rings. The fourth-order valence-corrected chi connectivity index (χ4v) is 1.35. The number of anilines is 1. The molecule has 5 heteroatoms. The Morgan fingerprint density at radius 3 is 2.86 bits per heavy atom. The predicted molar refractivity (Wildman–Crippen MR) is 57.8 cm³/mol. The summed E-state index contributed by atoms with van der Waals surface area (Å²) in [5.74, 6) is -0.0708. The highest BCUT2D eigenvalue weighted by molar-refractivity contribution is 6.36. The standard InChI is InChI=1S/C9H10Cl2N2O/c1-2-3-9(14)13-7-5-12-8(11)4-6(7)10/h4-5H,2-3H2,1H3,(H,13,14). The van der Waals surface area contributed by atoms with Crippen LogP contribution in [0.1, 0.15) is 19.8 Å². The van der Waals surface area contributed by atoms with Crippen molar-refractivity contribution in [3.8, 4) is 0 Å². The molecule has 0 bridgehead atoms. The Hall–Kier alpha value is -0.800. The Balaban J connectivity index is 2.72. The van der Waals surface area contributed by atoms with E-state index in [9.17, 15) is 4.79 Å². The second-order valence-corrected chi connectivity index (χ2v) is 3.58. The van der Waals surface area contributed by atoms with Gasteiger partial charge in [0.05, 0.1) is 16.9 Å². The molecule has 0 saturated carbocycles. The summed E-state index contributed by atoms with van der Waals surface area (Å²) in [6.45, 7) is 1.93. The molecule has 3 nitrogen and oxygen atoms in total. The van der Waals surface area contributed by atoms with Crippen molar-refractivity contribution < 1.29 is 4.79 Å². The van der Waals surface area contributed by atoms with Crippen LogP contribution in [0.2, 0.25) is 10.2 Å². The highest BCUT2D eigenvalue weighted by atomic mass is 35.5. The average molecular weight is 233 g/mol. The number of hydrogen-bond donors (Lipinski definition) is 1. The number of carbonyl (C=O) groups excluding carboxylic acids is 1. The van der Waals surface area contributed by atoms with E-state index in [0.29, 0.717) is 22.3 Å². The lowest BCUT2D eigenvalue weighted by Gasteiger charge is -2.05. The molecule has 76 valence electrons. The summed E-state index contributed by atoms with van der Waals surface area (Å²) in [6.07, 6.45) is 2.71. The normalized spacial score (nSPS) is 9.93. The second-order valence-electron chi connectivity index (χ2n) is 2.79. The molecule has 1 heterocycles. The summed E-state index contributed by atoms with van der Waals surface area (Å²) in [4.78, 5) is 15.0. The van der Waals surface area contributed by atoms with Crippen LogP contribution in [0.4, 0.5) is 5.69 Å². The zero-order valence-corrected chi connectivity index (χ0v) is 9.19. The van der Waals surface area contributed by atoms with E-state index in [1.807, 2.05) is 6.92 Å². The van der Waals surface area contributed by atoms with Crippen LogP contribution in [0.3, 0.4) is 0 Å². The van der Waals surface area contributed by atoms with Gasteiger partial charge in [-0.25, -0.2) is 4.98 Å². The van der Waals surface area contributed by atoms with Crippen LogP contribution in [0.15, 0.2) is 12.3 Å². The van der Waals surface area contributed by atoms with Crippen molar-refractivity contribution in [2.24, 2.45) is 0 Å². The summed E-state index contributed by atoms with van der Waals surface area (Å²) in [5, 5.41) is 3.35. The topological polar surface area (TPSA) is 42.0 Å². The first-order valence-corrected chi connectivity index (χ1v) is 5.00. The van der Waals surface area contributed by atoms with Gasteiger partial charge in [-0.1, -0.05) is 30.1 Å². The van der Waals surface area contributed by atoms with Crippen molar-refractivity contribution in [2.75, 3.05) is 5.32 Å². The first-order valence-electron chi connectivity index (χ1n) is 4.24. The minimum atomic E-state index is -0.0708. The van der Waals surface area contributed by atoms with Gasteiger partial charge in [0.25, 0.3) is 0 Å².